The average Bonchev–Trinajstić information content (AvgIpc) is 2.39. The number of hydrogen-bond donors (Lipinski definition) is 1. The lowest BCUT2D eigenvalue weighted by molar-refractivity contribution is 0.0963. The molecule has 0 radical (unpaired) electrons. The predicted molar refractivity (Wildman–Crippen MR) is 74.4 cm³/mol. The Bertz CT molecular complexity index is 270. The van der Waals surface area contributed by atoms with Crippen molar-refractivity contribution >= 4 is 5.69 Å². The summed E-state index contributed by atoms with van der Waals surface area (Å²) >= 11 is 0. The van der Waals surface area contributed by atoms with E-state index in [9.17, 15) is 0 Å². The minimum absolute atomic E-state index is 0.733. The van der Waals surface area contributed by atoms with Crippen molar-refractivity contribution in [1.82, 2.24) is 0 Å². The second-order valence-electron chi connectivity index (χ2n) is 4.40. The Hall–Kier alpha value is -1.02. The third-order valence-electron chi connectivity index (χ3n) is 3.08. The van der Waals surface area contributed by atoms with Gasteiger partial charge in [-0.3, -0.25) is 0 Å². The van der Waals surface area contributed by atoms with Gasteiger partial charge in [-0.05, 0) is 24.5 Å². The number of anilines is 1. The summed E-state index contributed by atoms with van der Waals surface area (Å²) in [5.74, 6) is 0.733. The van der Waals surface area contributed by atoms with E-state index in [0.29, 0.717) is 0 Å². The minimum atomic E-state index is 0.733. The van der Waals surface area contributed by atoms with E-state index >= 15 is 0 Å². The van der Waals surface area contributed by atoms with E-state index in [4.69, 9.17) is 4.74 Å². The van der Waals surface area contributed by atoms with Crippen molar-refractivity contribution in [3.8, 4) is 0 Å². The topological polar surface area (TPSA) is 21.3 Å². The Morgan fingerprint density at radius 2 is 1.82 bits per heavy atom. The summed E-state index contributed by atoms with van der Waals surface area (Å²) in [6.45, 7) is 7.21. The number of hydrogen-bond acceptors (Lipinski definition) is 2. The smallest absolute Gasteiger partial charge is 0.0494 e. The van der Waals surface area contributed by atoms with Crippen LogP contribution in [-0.4, -0.2) is 19.8 Å². The van der Waals surface area contributed by atoms with Crippen LogP contribution in [0.5, 0.6) is 0 Å². The molecule has 1 rings (SSSR count). The van der Waals surface area contributed by atoms with Crippen molar-refractivity contribution in [1.29, 1.82) is 0 Å². The predicted octanol–water partition coefficient (Wildman–Crippen LogP) is 3.94. The van der Waals surface area contributed by atoms with Gasteiger partial charge in [0.05, 0.1) is 0 Å². The molecule has 96 valence electrons. The molecule has 0 spiro atoms. The molecule has 1 N–H and O–H groups in total. The molecule has 2 heteroatoms. The number of nitrogens with one attached hydrogen (secondary N) is 1. The molecule has 0 saturated carbocycles. The summed E-state index contributed by atoms with van der Waals surface area (Å²) in [6.07, 6.45) is 3.51. The third-order valence-corrected chi connectivity index (χ3v) is 3.08. The highest BCUT2D eigenvalue weighted by Gasteiger charge is 2.02. The second kappa shape index (κ2) is 9.06. The van der Waals surface area contributed by atoms with Gasteiger partial charge in [0.2, 0.25) is 0 Å². The lowest BCUT2D eigenvalue weighted by atomic mass is 10.1. The molecule has 0 atom stereocenters. The van der Waals surface area contributed by atoms with Crippen molar-refractivity contribution in [3.05, 3.63) is 30.3 Å². The quantitative estimate of drug-likeness (QED) is 0.655. The van der Waals surface area contributed by atoms with Crippen molar-refractivity contribution in [3.63, 3.8) is 0 Å². The Kier molecular flexibility index (Phi) is 7.48. The van der Waals surface area contributed by atoms with E-state index in [1.54, 1.807) is 0 Å². The van der Waals surface area contributed by atoms with Gasteiger partial charge in [-0.15, -0.1) is 0 Å². The van der Waals surface area contributed by atoms with Crippen molar-refractivity contribution in [2.75, 3.05) is 25.1 Å². The van der Waals surface area contributed by atoms with E-state index in [0.717, 1.165) is 32.1 Å². The summed E-state index contributed by atoms with van der Waals surface area (Å²) in [5.41, 5.74) is 1.19. The SMILES string of the molecule is CCC(CC)COCCCNc1ccccc1. The van der Waals surface area contributed by atoms with Gasteiger partial charge in [-0.1, -0.05) is 44.9 Å². The average molecular weight is 235 g/mol. The first-order chi connectivity index (χ1) is 8.36. The first-order valence-electron chi connectivity index (χ1n) is 6.73. The van der Waals surface area contributed by atoms with Gasteiger partial charge >= 0.3 is 0 Å². The summed E-state index contributed by atoms with van der Waals surface area (Å²) < 4.78 is 5.68. The molecular weight excluding hydrogens is 210 g/mol. The molecular formula is C15H25NO. The Morgan fingerprint density at radius 3 is 2.47 bits per heavy atom. The molecule has 17 heavy (non-hydrogen) atoms. The molecule has 2 nitrogen and oxygen atoms in total. The van der Waals surface area contributed by atoms with Crippen LogP contribution in [0.1, 0.15) is 33.1 Å². The zero-order chi connectivity index (χ0) is 12.3. The third kappa shape index (κ3) is 6.32. The normalized spacial score (nSPS) is 10.8. The lowest BCUT2D eigenvalue weighted by Gasteiger charge is -2.12. The summed E-state index contributed by atoms with van der Waals surface area (Å²) in [7, 11) is 0. The maximum Gasteiger partial charge on any atom is 0.0494 e. The molecule has 0 fully saturated rings. The Labute approximate surface area is 105 Å². The van der Waals surface area contributed by atoms with Crippen LogP contribution in [0.3, 0.4) is 0 Å². The first kappa shape index (κ1) is 14.0. The van der Waals surface area contributed by atoms with E-state index in [1.807, 2.05) is 18.2 Å². The van der Waals surface area contributed by atoms with Gasteiger partial charge in [0.15, 0.2) is 0 Å². The summed E-state index contributed by atoms with van der Waals surface area (Å²) in [5, 5.41) is 3.38. The fraction of sp³-hybridized carbons (Fsp3) is 0.600. The van der Waals surface area contributed by atoms with Crippen LogP contribution in [0.25, 0.3) is 0 Å². The highest BCUT2D eigenvalue weighted by molar-refractivity contribution is 5.42. The zero-order valence-corrected chi connectivity index (χ0v) is 11.1. The van der Waals surface area contributed by atoms with E-state index < -0.39 is 0 Å². The van der Waals surface area contributed by atoms with E-state index in [2.05, 4.69) is 31.3 Å². The maximum absolute atomic E-state index is 5.68. The fourth-order valence-corrected chi connectivity index (χ4v) is 1.74. The van der Waals surface area contributed by atoms with Crippen LogP contribution in [-0.2, 0) is 4.74 Å². The fourth-order valence-electron chi connectivity index (χ4n) is 1.74. The molecule has 0 bridgehead atoms. The van der Waals surface area contributed by atoms with E-state index in [1.165, 1.54) is 18.5 Å². The van der Waals surface area contributed by atoms with Crippen LogP contribution < -0.4 is 5.32 Å². The first-order valence-corrected chi connectivity index (χ1v) is 6.73. The standard InChI is InChI=1S/C15H25NO/c1-3-14(4-2)13-17-12-8-11-16-15-9-6-5-7-10-15/h5-7,9-10,14,16H,3-4,8,11-13H2,1-2H3. The van der Waals surface area contributed by atoms with Gasteiger partial charge in [-0.25, -0.2) is 0 Å². The largest absolute Gasteiger partial charge is 0.385 e. The molecule has 0 aliphatic carbocycles. The molecule has 0 amide bonds. The highest BCUT2D eigenvalue weighted by Crippen LogP contribution is 2.08. The van der Waals surface area contributed by atoms with Crippen LogP contribution in [0.2, 0.25) is 0 Å². The second-order valence-corrected chi connectivity index (χ2v) is 4.40. The molecule has 0 unspecified atom stereocenters. The Balaban J connectivity index is 1.98. The molecule has 0 aromatic heterocycles. The maximum atomic E-state index is 5.68. The number of para-hydroxylation sites is 1. The summed E-state index contributed by atoms with van der Waals surface area (Å²) in [4.78, 5) is 0. The lowest BCUT2D eigenvalue weighted by Crippen LogP contribution is -2.11. The number of benzene rings is 1. The van der Waals surface area contributed by atoms with Gasteiger partial charge in [0.1, 0.15) is 0 Å². The Morgan fingerprint density at radius 1 is 1.12 bits per heavy atom. The molecule has 0 heterocycles. The van der Waals surface area contributed by atoms with Crippen LogP contribution in [0.4, 0.5) is 5.69 Å². The van der Waals surface area contributed by atoms with Gasteiger partial charge in [0, 0.05) is 25.4 Å². The molecule has 0 aliphatic heterocycles. The van der Waals surface area contributed by atoms with Crippen molar-refractivity contribution < 1.29 is 4.74 Å². The molecule has 1 aromatic rings. The zero-order valence-electron chi connectivity index (χ0n) is 11.1. The van der Waals surface area contributed by atoms with Crippen molar-refractivity contribution in [2.45, 2.75) is 33.1 Å². The number of rotatable bonds is 9. The van der Waals surface area contributed by atoms with Gasteiger partial charge in [-0.2, -0.15) is 0 Å². The minimum Gasteiger partial charge on any atom is -0.385 e. The highest BCUT2D eigenvalue weighted by atomic mass is 16.5. The monoisotopic (exact) mass is 235 g/mol. The number of ether oxygens (including phenoxy) is 1. The van der Waals surface area contributed by atoms with Crippen LogP contribution in [0.15, 0.2) is 30.3 Å². The van der Waals surface area contributed by atoms with Crippen molar-refractivity contribution in [2.24, 2.45) is 5.92 Å². The molecule has 0 aliphatic rings. The molecule has 1 aromatic carbocycles. The van der Waals surface area contributed by atoms with Gasteiger partial charge < -0.3 is 10.1 Å². The van der Waals surface area contributed by atoms with Gasteiger partial charge in [0.25, 0.3) is 0 Å². The van der Waals surface area contributed by atoms with Crippen LogP contribution in [0, 0.1) is 5.92 Å². The summed E-state index contributed by atoms with van der Waals surface area (Å²) in [6, 6.07) is 10.3. The van der Waals surface area contributed by atoms with Crippen LogP contribution >= 0.6 is 0 Å². The van der Waals surface area contributed by atoms with E-state index in [-0.39, 0.29) is 0 Å². The molecule has 0 saturated heterocycles.